The maximum absolute atomic E-state index is 10.4. The first-order valence-corrected chi connectivity index (χ1v) is 10.1. The van der Waals surface area contributed by atoms with Crippen LogP contribution in [-0.4, -0.2) is 28.6 Å². The van der Waals surface area contributed by atoms with Crippen molar-refractivity contribution in [2.45, 2.75) is 31.1 Å². The minimum absolute atomic E-state index is 0.385. The molecule has 0 bridgehead atoms. The molecular formula is C20H26NO2S+. The average molecular weight is 345 g/mol. The van der Waals surface area contributed by atoms with Crippen molar-refractivity contribution >= 4 is 16.9 Å². The van der Waals surface area contributed by atoms with Gasteiger partial charge in [-0.3, -0.25) is 4.79 Å². The van der Waals surface area contributed by atoms with Crippen LogP contribution in [0.5, 0.6) is 0 Å². The fourth-order valence-electron chi connectivity index (χ4n) is 2.62. The zero-order chi connectivity index (χ0) is 17.2. The second-order valence-electron chi connectivity index (χ2n) is 5.99. The third kappa shape index (κ3) is 6.77. The maximum atomic E-state index is 10.4. The molecular weight excluding hydrogens is 318 g/mol. The number of carboxylic acids is 1. The summed E-state index contributed by atoms with van der Waals surface area (Å²) in [5.74, 6) is 3.34. The molecule has 0 spiro atoms. The molecule has 0 amide bonds. The second kappa shape index (κ2) is 10.2. The van der Waals surface area contributed by atoms with Crippen molar-refractivity contribution in [1.82, 2.24) is 0 Å². The van der Waals surface area contributed by atoms with E-state index in [0.29, 0.717) is 6.42 Å². The number of benzene rings is 2. The van der Waals surface area contributed by atoms with Gasteiger partial charge in [0.2, 0.25) is 0 Å². The highest BCUT2D eigenvalue weighted by molar-refractivity contribution is 7.96. The summed E-state index contributed by atoms with van der Waals surface area (Å²) in [5.41, 5.74) is 7.83. The van der Waals surface area contributed by atoms with E-state index >= 15 is 0 Å². The number of hydrogen-bond acceptors (Lipinski definition) is 2. The number of carbonyl (C=O) groups is 1. The summed E-state index contributed by atoms with van der Waals surface area (Å²) in [5, 5.41) is 8.52. The first-order chi connectivity index (χ1) is 11.6. The fraction of sp³-hybridized carbons (Fsp3) is 0.350. The van der Waals surface area contributed by atoms with Gasteiger partial charge >= 0.3 is 5.97 Å². The van der Waals surface area contributed by atoms with Crippen LogP contribution in [0.2, 0.25) is 0 Å². The molecule has 24 heavy (non-hydrogen) atoms. The Bertz CT molecular complexity index is 598. The summed E-state index contributed by atoms with van der Waals surface area (Å²) in [4.78, 5) is 10.4. The molecule has 1 aliphatic heterocycles. The van der Waals surface area contributed by atoms with Gasteiger partial charge in [-0.25, -0.2) is 0 Å². The number of aliphatic carboxylic acids is 1. The van der Waals surface area contributed by atoms with Gasteiger partial charge in [0.1, 0.15) is 23.3 Å². The molecule has 3 N–H and O–H groups in total. The van der Waals surface area contributed by atoms with Crippen LogP contribution in [0.1, 0.15) is 24.0 Å². The van der Waals surface area contributed by atoms with E-state index in [0.717, 1.165) is 16.5 Å². The number of nitrogens with two attached hydrogens (primary N) is 1. The van der Waals surface area contributed by atoms with Crippen LogP contribution >= 0.6 is 0 Å². The van der Waals surface area contributed by atoms with Gasteiger partial charge in [0, 0.05) is 5.56 Å². The highest BCUT2D eigenvalue weighted by Gasteiger charge is 2.23. The zero-order valence-electron chi connectivity index (χ0n) is 13.9. The Hall–Kier alpha value is -1.78. The normalized spacial score (nSPS) is 15.4. The van der Waals surface area contributed by atoms with E-state index < -0.39 is 12.0 Å². The van der Waals surface area contributed by atoms with Crippen molar-refractivity contribution in [2.24, 2.45) is 5.73 Å². The van der Waals surface area contributed by atoms with E-state index in [9.17, 15) is 4.79 Å². The average Bonchev–Trinajstić information content (AvgIpc) is 3.10. The van der Waals surface area contributed by atoms with Crippen molar-refractivity contribution in [3.05, 3.63) is 71.8 Å². The fourth-order valence-corrected chi connectivity index (χ4v) is 5.01. The van der Waals surface area contributed by atoms with Gasteiger partial charge in [0.15, 0.2) is 0 Å². The summed E-state index contributed by atoms with van der Waals surface area (Å²) < 4.78 is 0. The highest BCUT2D eigenvalue weighted by atomic mass is 32.2. The Morgan fingerprint density at radius 2 is 1.46 bits per heavy atom. The van der Waals surface area contributed by atoms with Gasteiger partial charge in [-0.1, -0.05) is 60.7 Å². The molecule has 1 atom stereocenters. The summed E-state index contributed by atoms with van der Waals surface area (Å²) >= 11 is 0. The summed E-state index contributed by atoms with van der Waals surface area (Å²) in [7, 11) is 0.722. The molecule has 1 saturated heterocycles. The predicted octanol–water partition coefficient (Wildman–Crippen LogP) is 3.24. The van der Waals surface area contributed by atoms with Gasteiger partial charge in [0.05, 0.1) is 0 Å². The lowest BCUT2D eigenvalue weighted by Gasteiger charge is -2.04. The molecule has 0 aliphatic carbocycles. The molecule has 1 heterocycles. The van der Waals surface area contributed by atoms with E-state index in [1.54, 1.807) is 0 Å². The molecule has 0 aromatic heterocycles. The molecule has 1 fully saturated rings. The summed E-state index contributed by atoms with van der Waals surface area (Å²) in [6.07, 6.45) is 3.32. The monoisotopic (exact) mass is 344 g/mol. The molecule has 1 aliphatic rings. The highest BCUT2D eigenvalue weighted by Crippen LogP contribution is 2.18. The maximum Gasteiger partial charge on any atom is 0.320 e. The lowest BCUT2D eigenvalue weighted by Crippen LogP contribution is -2.32. The van der Waals surface area contributed by atoms with E-state index in [4.69, 9.17) is 10.8 Å². The third-order valence-electron chi connectivity index (χ3n) is 3.95. The van der Waals surface area contributed by atoms with Crippen molar-refractivity contribution in [3.63, 3.8) is 0 Å². The van der Waals surface area contributed by atoms with Gasteiger partial charge in [-0.2, -0.15) is 0 Å². The van der Waals surface area contributed by atoms with Crippen LogP contribution in [0.3, 0.4) is 0 Å². The first kappa shape index (κ1) is 18.6. The Labute approximate surface area is 147 Å². The quantitative estimate of drug-likeness (QED) is 0.819. The molecule has 3 rings (SSSR count). The largest absolute Gasteiger partial charge is 0.480 e. The molecule has 0 unspecified atom stereocenters. The molecule has 0 radical (unpaired) electrons. The molecule has 4 heteroatoms. The number of carboxylic acid groups (broad SMARTS) is 1. The van der Waals surface area contributed by atoms with Crippen molar-refractivity contribution in [2.75, 3.05) is 11.5 Å². The zero-order valence-corrected chi connectivity index (χ0v) is 14.8. The Morgan fingerprint density at radius 1 is 0.958 bits per heavy atom. The molecule has 3 nitrogen and oxygen atoms in total. The summed E-state index contributed by atoms with van der Waals surface area (Å²) in [6, 6.07) is 19.4. The lowest BCUT2D eigenvalue weighted by atomic mass is 10.1. The minimum Gasteiger partial charge on any atom is -0.480 e. The molecule has 2 aromatic rings. The Kier molecular flexibility index (Phi) is 7.86. The first-order valence-electron chi connectivity index (χ1n) is 8.35. The van der Waals surface area contributed by atoms with Gasteiger partial charge < -0.3 is 10.8 Å². The topological polar surface area (TPSA) is 63.3 Å². The lowest BCUT2D eigenvalue weighted by molar-refractivity contribution is -0.138. The van der Waals surface area contributed by atoms with E-state index in [2.05, 4.69) is 30.3 Å². The van der Waals surface area contributed by atoms with Crippen LogP contribution in [0.4, 0.5) is 0 Å². The second-order valence-corrected chi connectivity index (χ2v) is 8.32. The van der Waals surface area contributed by atoms with Crippen molar-refractivity contribution in [1.29, 1.82) is 0 Å². The Morgan fingerprint density at radius 3 is 1.96 bits per heavy atom. The standard InChI is InChI=1S/C11H15S.C9H11NO2/c1-2-6-11(7-3-1)10-12-8-4-5-9-12;10-8(9(11)12)6-7-4-2-1-3-5-7/h1-3,6-7H,4-5,8-10H2;1-5,8H,6,10H2,(H,11,12)/q+1;/t;8-/m.0/s1. The number of rotatable bonds is 5. The van der Waals surface area contributed by atoms with Gasteiger partial charge in [-0.05, 0) is 35.7 Å². The molecule has 0 saturated carbocycles. The van der Waals surface area contributed by atoms with Crippen molar-refractivity contribution in [3.8, 4) is 0 Å². The SMILES string of the molecule is N[C@@H](Cc1ccccc1)C(=O)O.c1ccc(C[S+]2CCCC2)cc1. The van der Waals surface area contributed by atoms with E-state index in [-0.39, 0.29) is 0 Å². The van der Waals surface area contributed by atoms with Crippen molar-refractivity contribution < 1.29 is 9.90 Å². The van der Waals surface area contributed by atoms with E-state index in [1.807, 2.05) is 30.3 Å². The van der Waals surface area contributed by atoms with E-state index in [1.165, 1.54) is 35.7 Å². The summed E-state index contributed by atoms with van der Waals surface area (Å²) in [6.45, 7) is 0. The van der Waals surface area contributed by atoms with Gasteiger partial charge in [0.25, 0.3) is 0 Å². The third-order valence-corrected chi connectivity index (χ3v) is 6.42. The van der Waals surface area contributed by atoms with Crippen LogP contribution in [0, 0.1) is 0 Å². The number of hydrogen-bond donors (Lipinski definition) is 2. The smallest absolute Gasteiger partial charge is 0.320 e. The minimum atomic E-state index is -0.959. The van der Waals surface area contributed by atoms with Crippen LogP contribution in [-0.2, 0) is 27.9 Å². The van der Waals surface area contributed by atoms with Crippen LogP contribution in [0.15, 0.2) is 60.7 Å². The Balaban J connectivity index is 0.000000174. The molecule has 2 aromatic carbocycles. The van der Waals surface area contributed by atoms with Crippen LogP contribution < -0.4 is 5.73 Å². The van der Waals surface area contributed by atoms with Gasteiger partial charge in [-0.15, -0.1) is 0 Å². The predicted molar refractivity (Wildman–Crippen MR) is 102 cm³/mol. The van der Waals surface area contributed by atoms with Crippen LogP contribution in [0.25, 0.3) is 0 Å². The molecule has 128 valence electrons.